The molecule has 0 spiro atoms. The Morgan fingerprint density at radius 2 is 1.76 bits per heavy atom. The fourth-order valence-electron chi connectivity index (χ4n) is 3.06. The average molecular weight is 478 g/mol. The van der Waals surface area contributed by atoms with Gasteiger partial charge in [-0.1, -0.05) is 0 Å². The quantitative estimate of drug-likeness (QED) is 0.612. The van der Waals surface area contributed by atoms with Crippen LogP contribution in [0.5, 0.6) is 11.5 Å². The van der Waals surface area contributed by atoms with Gasteiger partial charge in [-0.2, -0.15) is 4.31 Å². The van der Waals surface area contributed by atoms with E-state index in [0.29, 0.717) is 24.7 Å². The molecule has 11 heteroatoms. The highest BCUT2D eigenvalue weighted by Gasteiger charge is 2.30. The number of sulfonamides is 1. The Balaban J connectivity index is 1.74. The van der Waals surface area contributed by atoms with Gasteiger partial charge in [0.05, 0.1) is 20.3 Å². The minimum atomic E-state index is -3.86. The standard InChI is InChI=1S/C22H27N3O7S/c1-24(2)21(26)15-32-18-7-5-17(6-8-18)23-22(27)16-4-9-19(30-3)20(14-16)33(28,29)25-10-12-31-13-11-25/h4-9,14H,10-13,15H2,1-3H3,(H,23,27). The monoisotopic (exact) mass is 477 g/mol. The number of methoxy groups -OCH3 is 1. The van der Waals surface area contributed by atoms with Gasteiger partial charge >= 0.3 is 0 Å². The number of carbonyl (C=O) groups is 2. The normalized spacial score (nSPS) is 14.4. The predicted octanol–water partition coefficient (Wildman–Crippen LogP) is 1.44. The van der Waals surface area contributed by atoms with Crippen LogP contribution in [-0.2, 0) is 19.6 Å². The number of hydrogen-bond acceptors (Lipinski definition) is 7. The summed E-state index contributed by atoms with van der Waals surface area (Å²) in [7, 11) is 0.800. The molecule has 0 bridgehead atoms. The summed E-state index contributed by atoms with van der Waals surface area (Å²) in [4.78, 5) is 25.7. The number of ether oxygens (including phenoxy) is 3. The van der Waals surface area contributed by atoms with Crippen LogP contribution in [-0.4, -0.2) is 83.6 Å². The molecule has 1 heterocycles. The van der Waals surface area contributed by atoms with Crippen LogP contribution >= 0.6 is 0 Å². The van der Waals surface area contributed by atoms with E-state index in [1.165, 1.54) is 34.5 Å². The topological polar surface area (TPSA) is 114 Å². The lowest BCUT2D eigenvalue weighted by Crippen LogP contribution is -2.40. The van der Waals surface area contributed by atoms with Gasteiger partial charge in [-0.05, 0) is 42.5 Å². The van der Waals surface area contributed by atoms with Gasteiger partial charge in [-0.15, -0.1) is 0 Å². The molecule has 2 aromatic rings. The van der Waals surface area contributed by atoms with Crippen molar-refractivity contribution in [3.8, 4) is 11.5 Å². The van der Waals surface area contributed by atoms with Gasteiger partial charge in [0.25, 0.3) is 11.8 Å². The lowest BCUT2D eigenvalue weighted by Gasteiger charge is -2.26. The molecule has 0 radical (unpaired) electrons. The van der Waals surface area contributed by atoms with Crippen molar-refractivity contribution in [3.63, 3.8) is 0 Å². The first kappa shape index (κ1) is 24.5. The molecule has 0 unspecified atom stereocenters. The van der Waals surface area contributed by atoms with Gasteiger partial charge < -0.3 is 24.4 Å². The predicted molar refractivity (Wildman–Crippen MR) is 121 cm³/mol. The molecule has 0 saturated carbocycles. The van der Waals surface area contributed by atoms with Crippen LogP contribution in [0.4, 0.5) is 5.69 Å². The van der Waals surface area contributed by atoms with Crippen LogP contribution in [0.2, 0.25) is 0 Å². The minimum absolute atomic E-state index is 0.0751. The highest BCUT2D eigenvalue weighted by molar-refractivity contribution is 7.89. The fraction of sp³-hybridized carbons (Fsp3) is 0.364. The first-order chi connectivity index (χ1) is 15.7. The van der Waals surface area contributed by atoms with Gasteiger partial charge in [0.15, 0.2) is 6.61 Å². The first-order valence-electron chi connectivity index (χ1n) is 10.2. The Kier molecular flexibility index (Phi) is 7.90. The summed E-state index contributed by atoms with van der Waals surface area (Å²) < 4.78 is 43.4. The number of hydrogen-bond donors (Lipinski definition) is 1. The zero-order chi connectivity index (χ0) is 24.0. The highest BCUT2D eigenvalue weighted by Crippen LogP contribution is 2.29. The van der Waals surface area contributed by atoms with Crippen LogP contribution in [0, 0.1) is 0 Å². The van der Waals surface area contributed by atoms with Crippen LogP contribution < -0.4 is 14.8 Å². The van der Waals surface area contributed by atoms with Crippen molar-refractivity contribution in [1.29, 1.82) is 0 Å². The number of rotatable bonds is 8. The third-order valence-electron chi connectivity index (χ3n) is 4.99. The number of morpholine rings is 1. The number of anilines is 1. The van der Waals surface area contributed by atoms with E-state index in [4.69, 9.17) is 14.2 Å². The fourth-order valence-corrected chi connectivity index (χ4v) is 4.65. The molecular weight excluding hydrogens is 450 g/mol. The molecule has 2 amide bonds. The molecule has 0 atom stereocenters. The van der Waals surface area contributed by atoms with Crippen LogP contribution in [0.3, 0.4) is 0 Å². The van der Waals surface area contributed by atoms with E-state index >= 15 is 0 Å². The van der Waals surface area contributed by atoms with E-state index in [9.17, 15) is 18.0 Å². The number of carbonyl (C=O) groups excluding carboxylic acids is 2. The molecule has 1 saturated heterocycles. The SMILES string of the molecule is COc1ccc(C(=O)Nc2ccc(OCC(=O)N(C)C)cc2)cc1S(=O)(=O)N1CCOCC1. The summed E-state index contributed by atoms with van der Waals surface area (Å²) in [5.41, 5.74) is 0.652. The van der Waals surface area contributed by atoms with Crippen molar-refractivity contribution < 1.29 is 32.2 Å². The maximum Gasteiger partial charge on any atom is 0.259 e. The lowest BCUT2D eigenvalue weighted by molar-refractivity contribution is -0.130. The molecule has 1 aliphatic rings. The smallest absolute Gasteiger partial charge is 0.259 e. The number of nitrogens with zero attached hydrogens (tertiary/aromatic N) is 2. The highest BCUT2D eigenvalue weighted by atomic mass is 32.2. The van der Waals surface area contributed by atoms with Crippen molar-refractivity contribution in [3.05, 3.63) is 48.0 Å². The van der Waals surface area contributed by atoms with Gasteiger partial charge in [0.1, 0.15) is 16.4 Å². The Hall–Kier alpha value is -3.15. The summed E-state index contributed by atoms with van der Waals surface area (Å²) in [6, 6.07) is 10.8. The van der Waals surface area contributed by atoms with E-state index in [2.05, 4.69) is 5.32 Å². The second-order valence-corrected chi connectivity index (χ2v) is 9.34. The molecule has 0 aromatic heterocycles. The largest absolute Gasteiger partial charge is 0.495 e. The summed E-state index contributed by atoms with van der Waals surface area (Å²) in [6.07, 6.45) is 0. The van der Waals surface area contributed by atoms with Crippen LogP contribution in [0.15, 0.2) is 47.4 Å². The van der Waals surface area contributed by atoms with E-state index in [0.717, 1.165) is 0 Å². The van der Waals surface area contributed by atoms with E-state index in [1.54, 1.807) is 38.4 Å². The first-order valence-corrected chi connectivity index (χ1v) is 11.7. The molecular formula is C22H27N3O7S. The van der Waals surface area contributed by atoms with Crippen molar-refractivity contribution in [2.75, 3.05) is 59.4 Å². The van der Waals surface area contributed by atoms with E-state index in [-0.39, 0.29) is 41.8 Å². The average Bonchev–Trinajstić information content (AvgIpc) is 2.83. The third kappa shape index (κ3) is 6.01. The number of amides is 2. The Bertz CT molecular complexity index is 1100. The van der Waals surface area contributed by atoms with Gasteiger partial charge in [0.2, 0.25) is 10.0 Å². The summed E-state index contributed by atoms with van der Waals surface area (Å²) >= 11 is 0. The summed E-state index contributed by atoms with van der Waals surface area (Å²) in [6.45, 7) is 0.993. The molecule has 10 nitrogen and oxygen atoms in total. The minimum Gasteiger partial charge on any atom is -0.495 e. The zero-order valence-electron chi connectivity index (χ0n) is 18.7. The van der Waals surface area contributed by atoms with Gasteiger partial charge in [-0.3, -0.25) is 9.59 Å². The second-order valence-electron chi connectivity index (χ2n) is 7.44. The van der Waals surface area contributed by atoms with Crippen molar-refractivity contribution in [2.45, 2.75) is 4.90 Å². The maximum absolute atomic E-state index is 13.1. The van der Waals surface area contributed by atoms with Crippen molar-refractivity contribution in [1.82, 2.24) is 9.21 Å². The summed E-state index contributed by atoms with van der Waals surface area (Å²) in [5.74, 6) is -0.0133. The van der Waals surface area contributed by atoms with E-state index in [1.807, 2.05) is 0 Å². The molecule has 0 aliphatic carbocycles. The lowest BCUT2D eigenvalue weighted by atomic mass is 10.2. The summed E-state index contributed by atoms with van der Waals surface area (Å²) in [5, 5.41) is 2.73. The molecule has 1 fully saturated rings. The van der Waals surface area contributed by atoms with Crippen molar-refractivity contribution in [2.24, 2.45) is 0 Å². The van der Waals surface area contributed by atoms with E-state index < -0.39 is 15.9 Å². The van der Waals surface area contributed by atoms with Crippen LogP contribution in [0.1, 0.15) is 10.4 Å². The van der Waals surface area contributed by atoms with Gasteiger partial charge in [0, 0.05) is 38.4 Å². The molecule has 3 rings (SSSR count). The molecule has 2 aromatic carbocycles. The van der Waals surface area contributed by atoms with Gasteiger partial charge in [-0.25, -0.2) is 8.42 Å². The maximum atomic E-state index is 13.1. The number of likely N-dealkylation sites (N-methyl/N-ethyl adjacent to an activating group) is 1. The third-order valence-corrected chi connectivity index (χ3v) is 6.91. The Morgan fingerprint density at radius 1 is 1.09 bits per heavy atom. The molecule has 178 valence electrons. The van der Waals surface area contributed by atoms with Crippen molar-refractivity contribution >= 4 is 27.5 Å². The number of benzene rings is 2. The Labute approximate surface area is 193 Å². The molecule has 1 aliphatic heterocycles. The molecule has 1 N–H and O–H groups in total. The second kappa shape index (κ2) is 10.6. The zero-order valence-corrected chi connectivity index (χ0v) is 19.6. The van der Waals surface area contributed by atoms with Crippen LogP contribution in [0.25, 0.3) is 0 Å². The number of nitrogens with one attached hydrogen (secondary N) is 1. The molecule has 33 heavy (non-hydrogen) atoms. The Morgan fingerprint density at radius 3 is 2.36 bits per heavy atom.